The number of aliphatic imine (C=N–C) groups is 1. The van der Waals surface area contributed by atoms with E-state index in [9.17, 15) is 43.2 Å². The molecule has 5 heterocycles. The maximum absolute atomic E-state index is 14.7. The van der Waals surface area contributed by atoms with Crippen LogP contribution in [0.25, 0.3) is 10.9 Å². The van der Waals surface area contributed by atoms with Gasteiger partial charge in [-0.2, -0.15) is 0 Å². The summed E-state index contributed by atoms with van der Waals surface area (Å²) in [6, 6.07) is 4.85. The van der Waals surface area contributed by atoms with E-state index in [4.69, 9.17) is 17.2 Å². The molecule has 358 valence electrons. The molecule has 0 saturated carbocycles. The molecule has 3 saturated heterocycles. The molecule has 24 heteroatoms. The molecule has 1 unspecified atom stereocenters. The smallest absolute Gasteiger partial charge is 0.325 e. The van der Waals surface area contributed by atoms with E-state index >= 15 is 0 Å². The number of nitrogens with zero attached hydrogens (tertiary/aromatic N) is 3. The van der Waals surface area contributed by atoms with Crippen molar-refractivity contribution in [3.63, 3.8) is 0 Å². The molecule has 4 bridgehead atoms. The van der Waals surface area contributed by atoms with E-state index < -0.39 is 133 Å². The minimum absolute atomic E-state index is 0.0970. The van der Waals surface area contributed by atoms with Crippen molar-refractivity contribution in [2.24, 2.45) is 22.2 Å². The molecular formula is C44H53N15O9. The fourth-order valence-electron chi connectivity index (χ4n) is 8.53. The first-order chi connectivity index (χ1) is 32.5. The second-order valence-electron chi connectivity index (χ2n) is 16.9. The molecule has 24 nitrogen and oxygen atoms in total. The molecule has 2 aromatic heterocycles. The third kappa shape index (κ3) is 10.9. The molecule has 4 aromatic rings. The number of Topliss-reactive ketones (excluding diaryl/α,β-unsaturated/α-hetero) is 1. The zero-order valence-corrected chi connectivity index (χ0v) is 36.9. The number of imidazole rings is 1. The van der Waals surface area contributed by atoms with Crippen LogP contribution in [-0.2, 0) is 57.6 Å². The van der Waals surface area contributed by atoms with Crippen molar-refractivity contribution in [1.82, 2.24) is 57.1 Å². The van der Waals surface area contributed by atoms with Gasteiger partial charge in [-0.3, -0.25) is 48.6 Å². The third-order valence-corrected chi connectivity index (χ3v) is 12.2. The lowest BCUT2D eigenvalue weighted by Crippen LogP contribution is -2.64. The van der Waals surface area contributed by atoms with Gasteiger partial charge in [-0.15, -0.1) is 0 Å². The highest BCUT2D eigenvalue weighted by Gasteiger charge is 2.46. The largest absolute Gasteiger partial charge is 0.370 e. The van der Waals surface area contributed by atoms with Crippen LogP contribution in [0.5, 0.6) is 0 Å². The van der Waals surface area contributed by atoms with E-state index in [2.05, 4.69) is 57.2 Å². The van der Waals surface area contributed by atoms with Crippen LogP contribution in [0.1, 0.15) is 49.4 Å². The Bertz CT molecular complexity index is 2610. The fraction of sp³-hybridized carbons (Fsp3) is 0.386. The number of aromatic nitrogens is 3. The summed E-state index contributed by atoms with van der Waals surface area (Å²) < 4.78 is 0. The molecule has 68 heavy (non-hydrogen) atoms. The Labute approximate surface area is 388 Å². The zero-order valence-electron chi connectivity index (χ0n) is 36.9. The van der Waals surface area contributed by atoms with Crippen LogP contribution in [0.3, 0.4) is 0 Å². The third-order valence-electron chi connectivity index (χ3n) is 12.2. The van der Waals surface area contributed by atoms with E-state index in [1.165, 1.54) is 19.4 Å². The number of fused-ring (bicyclic) bond motifs is 6. The van der Waals surface area contributed by atoms with Gasteiger partial charge in [0, 0.05) is 61.2 Å². The number of imide groups is 1. The van der Waals surface area contributed by atoms with Gasteiger partial charge in [0.1, 0.15) is 42.3 Å². The number of benzene rings is 2. The summed E-state index contributed by atoms with van der Waals surface area (Å²) in [5.41, 5.74) is 17.8. The number of nitrogens with one attached hydrogen (secondary N) is 9. The highest BCUT2D eigenvalue weighted by atomic mass is 16.2. The number of para-hydroxylation sites is 1. The summed E-state index contributed by atoms with van der Waals surface area (Å²) in [6.45, 7) is 0.753. The normalized spacial score (nSPS) is 26.9. The van der Waals surface area contributed by atoms with Crippen LogP contribution >= 0.6 is 0 Å². The molecule has 2 aromatic carbocycles. The monoisotopic (exact) mass is 935 g/mol. The van der Waals surface area contributed by atoms with Crippen molar-refractivity contribution < 1.29 is 43.2 Å². The van der Waals surface area contributed by atoms with Crippen LogP contribution in [0.4, 0.5) is 4.79 Å². The van der Waals surface area contributed by atoms with Crippen molar-refractivity contribution in [2.75, 3.05) is 6.54 Å². The molecule has 3 aliphatic heterocycles. The Morgan fingerprint density at radius 2 is 1.40 bits per heavy atom. The van der Waals surface area contributed by atoms with Gasteiger partial charge in [-0.1, -0.05) is 48.5 Å². The second kappa shape index (κ2) is 20.6. The van der Waals surface area contributed by atoms with Crippen LogP contribution in [0.2, 0.25) is 0 Å². The van der Waals surface area contributed by atoms with Gasteiger partial charge in [0.15, 0.2) is 17.4 Å². The minimum atomic E-state index is -2.21. The molecule has 15 N–H and O–H groups in total. The number of rotatable bonds is 8. The SMILES string of the molecule is C[C@@H]1C(=O)N[C@@H](Cc2cnc[nH]2)C(=O)N[C@H](Cc2ccccc2)C(=O)N[C@H]2CCC(N=C(N)N)(NC[C@@H](C(N)=O)NC(=O)[C@H](Cc3c[nH]c4ccccc34)NC2=O)C(=O)CC[C@@H]2NC(=O)N1C2=O. The van der Waals surface area contributed by atoms with Gasteiger partial charge >= 0.3 is 6.03 Å². The van der Waals surface area contributed by atoms with E-state index in [0.717, 1.165) is 10.9 Å². The Kier molecular flexibility index (Phi) is 14.5. The number of hydrogen-bond acceptors (Lipinski definition) is 12. The number of H-pyrrole nitrogens is 2. The molecular weight excluding hydrogens is 883 g/mol. The van der Waals surface area contributed by atoms with Crippen molar-refractivity contribution in [3.05, 3.63) is 90.1 Å². The maximum atomic E-state index is 14.7. The van der Waals surface area contributed by atoms with Crippen molar-refractivity contribution in [3.8, 4) is 0 Å². The molecule has 0 radical (unpaired) electrons. The topological polar surface area (TPSA) is 376 Å². The number of hydrogen-bond donors (Lipinski definition) is 12. The predicted octanol–water partition coefficient (Wildman–Crippen LogP) is -3.15. The number of nitrogens with two attached hydrogens (primary N) is 3. The summed E-state index contributed by atoms with van der Waals surface area (Å²) in [5.74, 6) is -7.68. The zero-order chi connectivity index (χ0) is 48.7. The van der Waals surface area contributed by atoms with Crippen molar-refractivity contribution in [1.29, 1.82) is 0 Å². The van der Waals surface area contributed by atoms with Gasteiger partial charge in [-0.25, -0.2) is 14.8 Å². The summed E-state index contributed by atoms with van der Waals surface area (Å²) in [7, 11) is 0. The first-order valence-electron chi connectivity index (χ1n) is 21.9. The van der Waals surface area contributed by atoms with E-state index in [1.807, 2.05) is 18.2 Å². The first kappa shape index (κ1) is 47.8. The second-order valence-corrected chi connectivity index (χ2v) is 16.9. The van der Waals surface area contributed by atoms with Gasteiger partial charge in [0.05, 0.1) is 6.33 Å². The summed E-state index contributed by atoms with van der Waals surface area (Å²) in [5, 5.41) is 19.5. The summed E-state index contributed by atoms with van der Waals surface area (Å²) in [6.07, 6.45) is 2.35. The van der Waals surface area contributed by atoms with Crippen LogP contribution in [0.15, 0.2) is 78.3 Å². The van der Waals surface area contributed by atoms with E-state index in [1.54, 1.807) is 42.6 Å². The number of aromatic amines is 2. The molecule has 0 aliphatic carbocycles. The highest BCUT2D eigenvalue weighted by Crippen LogP contribution is 2.25. The van der Waals surface area contributed by atoms with Crippen molar-refractivity contribution in [2.45, 2.75) is 99.8 Å². The van der Waals surface area contributed by atoms with Gasteiger partial charge in [0.2, 0.25) is 35.4 Å². The van der Waals surface area contributed by atoms with Gasteiger partial charge in [-0.05, 0) is 43.4 Å². The van der Waals surface area contributed by atoms with Crippen molar-refractivity contribution >= 4 is 70.0 Å². The average molecular weight is 936 g/mol. The minimum Gasteiger partial charge on any atom is -0.370 e. The lowest BCUT2D eigenvalue weighted by atomic mass is 9.91. The number of urea groups is 1. The number of ketones is 1. The molecule has 8 atom stereocenters. The number of amides is 9. The lowest BCUT2D eigenvalue weighted by Gasteiger charge is -2.34. The first-order valence-corrected chi connectivity index (χ1v) is 21.9. The average Bonchev–Trinajstić information content (AvgIpc) is 4.05. The maximum Gasteiger partial charge on any atom is 0.325 e. The Balaban J connectivity index is 1.32. The number of carbonyl (C=O) groups excluding carboxylic acids is 9. The van der Waals surface area contributed by atoms with Gasteiger partial charge in [0.25, 0.3) is 5.91 Å². The van der Waals surface area contributed by atoms with Crippen LogP contribution < -0.4 is 54.4 Å². The molecule has 3 fully saturated rings. The van der Waals surface area contributed by atoms with Gasteiger partial charge < -0.3 is 59.1 Å². The van der Waals surface area contributed by atoms with E-state index in [0.29, 0.717) is 21.7 Å². The Hall–Kier alpha value is -8.15. The number of guanidine groups is 1. The van der Waals surface area contributed by atoms with Crippen LogP contribution in [-0.4, -0.2) is 133 Å². The number of carbonyl (C=O) groups is 9. The van der Waals surface area contributed by atoms with E-state index in [-0.39, 0.29) is 25.7 Å². The molecule has 9 amide bonds. The summed E-state index contributed by atoms with van der Waals surface area (Å²) in [4.78, 5) is 142. The Morgan fingerprint density at radius 3 is 2.12 bits per heavy atom. The Morgan fingerprint density at radius 1 is 0.735 bits per heavy atom. The molecule has 0 spiro atoms. The predicted molar refractivity (Wildman–Crippen MR) is 242 cm³/mol. The van der Waals surface area contributed by atoms with Crippen LogP contribution in [0, 0.1) is 0 Å². The number of primary amides is 1. The molecule has 7 rings (SSSR count). The highest BCUT2D eigenvalue weighted by molar-refractivity contribution is 6.08. The summed E-state index contributed by atoms with van der Waals surface area (Å²) >= 11 is 0. The standard InChI is InChI=1S/C44H53N15O9/c1-22-36(62)53-32(17-25-19-48-21-50-25)40(66)54-30(15-23-7-3-2-4-8-23)38(64)52-28-13-14-44(58-42(46)47,34(60)12-11-29-41(67)59(22)43(68)57-29)51-20-33(35(45)61)56-39(65)31(55-37(28)63)16-24-18-49-27-10-6-5-9-26(24)27/h2-10,18-19,21-22,28-33,49,51H,11-17,20H2,1H3,(H2,45,61)(H,48,50)(H,52,64)(H,53,62)(H,54,66)(H,55,63)(H,56,65)(H,57,68)(H4,46,47,58)/t22-,28+,29+,30-,31+,32+,33+,44?/m1/s1. The fourth-order valence-corrected chi connectivity index (χ4v) is 8.53. The lowest BCUT2D eigenvalue weighted by molar-refractivity contribution is -0.137. The molecule has 3 aliphatic rings. The quantitative estimate of drug-likeness (QED) is 0.0473.